The van der Waals surface area contributed by atoms with Crippen molar-refractivity contribution < 1.29 is 14.3 Å². The molecule has 1 aromatic heterocycles. The van der Waals surface area contributed by atoms with Gasteiger partial charge in [0.25, 0.3) is 5.91 Å². The summed E-state index contributed by atoms with van der Waals surface area (Å²) in [6, 6.07) is 7.85. The number of carbonyl (C=O) groups is 2. The van der Waals surface area contributed by atoms with Crippen LogP contribution in [-0.4, -0.2) is 48.0 Å². The molecule has 4 rings (SSSR count). The van der Waals surface area contributed by atoms with Gasteiger partial charge in [-0.2, -0.15) is 0 Å². The average Bonchev–Trinajstić information content (AvgIpc) is 2.71. The molecule has 1 fully saturated rings. The van der Waals surface area contributed by atoms with Crippen molar-refractivity contribution in [3.63, 3.8) is 0 Å². The van der Waals surface area contributed by atoms with E-state index in [1.54, 1.807) is 0 Å². The van der Waals surface area contributed by atoms with Gasteiger partial charge in [-0.25, -0.2) is 4.79 Å². The highest BCUT2D eigenvalue weighted by Crippen LogP contribution is 2.28. The highest BCUT2D eigenvalue weighted by Gasteiger charge is 2.26. The van der Waals surface area contributed by atoms with Gasteiger partial charge in [-0.3, -0.25) is 9.78 Å². The van der Waals surface area contributed by atoms with E-state index < -0.39 is 5.97 Å². The van der Waals surface area contributed by atoms with Crippen molar-refractivity contribution in [2.75, 3.05) is 20.2 Å². The fraction of sp³-hybridized carbons (Fsp3) is 0.500. The van der Waals surface area contributed by atoms with Crippen LogP contribution in [0.25, 0.3) is 10.9 Å². The Kier molecular flexibility index (Phi) is 5.57. The van der Waals surface area contributed by atoms with Crippen molar-refractivity contribution >= 4 is 22.8 Å². The molecule has 0 unspecified atom stereocenters. The molecule has 28 heavy (non-hydrogen) atoms. The third-order valence-corrected chi connectivity index (χ3v) is 5.75. The van der Waals surface area contributed by atoms with Crippen LogP contribution in [0.15, 0.2) is 24.3 Å². The van der Waals surface area contributed by atoms with Crippen LogP contribution in [0.2, 0.25) is 0 Å². The first-order chi connectivity index (χ1) is 13.6. The van der Waals surface area contributed by atoms with E-state index in [0.29, 0.717) is 12.1 Å². The van der Waals surface area contributed by atoms with Gasteiger partial charge < -0.3 is 15.0 Å². The number of para-hydroxylation sites is 1. The molecular formula is C22H27N3O3. The van der Waals surface area contributed by atoms with Crippen LogP contribution >= 0.6 is 0 Å². The Balaban J connectivity index is 1.53. The maximum absolute atomic E-state index is 13.0. The number of amides is 1. The molecule has 2 heterocycles. The molecule has 2 aliphatic rings. The lowest BCUT2D eigenvalue weighted by Gasteiger charge is -2.26. The summed E-state index contributed by atoms with van der Waals surface area (Å²) in [6.45, 7) is 1.33. The lowest BCUT2D eigenvalue weighted by molar-refractivity contribution is -0.125. The summed E-state index contributed by atoms with van der Waals surface area (Å²) >= 11 is 0. The zero-order valence-electron chi connectivity index (χ0n) is 16.4. The fourth-order valence-corrected chi connectivity index (χ4v) is 4.28. The number of benzene rings is 1. The predicted molar refractivity (Wildman–Crippen MR) is 107 cm³/mol. The highest BCUT2D eigenvalue weighted by molar-refractivity contribution is 6.05. The molecule has 1 aromatic carbocycles. The number of aromatic nitrogens is 1. The van der Waals surface area contributed by atoms with E-state index in [0.717, 1.165) is 60.8 Å². The number of nitrogens with one attached hydrogen (secondary N) is 1. The predicted octanol–water partition coefficient (Wildman–Crippen LogP) is 2.83. The molecule has 6 nitrogen and oxygen atoms in total. The van der Waals surface area contributed by atoms with Gasteiger partial charge in [0, 0.05) is 42.2 Å². The van der Waals surface area contributed by atoms with E-state index in [1.807, 2.05) is 31.3 Å². The molecule has 0 atom stereocenters. The molecule has 1 saturated carbocycles. The van der Waals surface area contributed by atoms with Crippen molar-refractivity contribution in [2.24, 2.45) is 0 Å². The summed E-state index contributed by atoms with van der Waals surface area (Å²) in [5.74, 6) is -0.659. The number of likely N-dealkylation sites (N-methyl/N-ethyl adjacent to an activating group) is 1. The first kappa shape index (κ1) is 18.9. The average molecular weight is 381 g/mol. The Morgan fingerprint density at radius 2 is 2.00 bits per heavy atom. The fourth-order valence-electron chi connectivity index (χ4n) is 4.28. The molecule has 148 valence electrons. The number of pyridine rings is 1. The maximum Gasteiger partial charge on any atom is 0.339 e. The van der Waals surface area contributed by atoms with Gasteiger partial charge in [0.05, 0.1) is 11.1 Å². The van der Waals surface area contributed by atoms with Crippen LogP contribution in [0.1, 0.15) is 53.7 Å². The van der Waals surface area contributed by atoms with Gasteiger partial charge in [-0.1, -0.05) is 37.5 Å². The van der Waals surface area contributed by atoms with E-state index in [9.17, 15) is 9.59 Å². The van der Waals surface area contributed by atoms with Crippen molar-refractivity contribution in [3.05, 3.63) is 41.1 Å². The lowest BCUT2D eigenvalue weighted by Crippen LogP contribution is -2.38. The zero-order valence-corrected chi connectivity index (χ0v) is 16.4. The molecule has 6 heteroatoms. The van der Waals surface area contributed by atoms with Crippen LogP contribution in [-0.2, 0) is 22.5 Å². The lowest BCUT2D eigenvalue weighted by atomic mass is 9.95. The van der Waals surface area contributed by atoms with Gasteiger partial charge in [0.2, 0.25) is 0 Å². The SMILES string of the molecule is CN1CCc2nc3ccccc3c(C(=O)OCC(=O)NC3CCCCC3)c2C1. The van der Waals surface area contributed by atoms with Gasteiger partial charge >= 0.3 is 5.97 Å². The van der Waals surface area contributed by atoms with Gasteiger partial charge in [-0.15, -0.1) is 0 Å². The summed E-state index contributed by atoms with van der Waals surface area (Å²) < 4.78 is 5.44. The number of nitrogens with zero attached hydrogens (tertiary/aromatic N) is 2. The number of hydrogen-bond donors (Lipinski definition) is 1. The summed E-state index contributed by atoms with van der Waals surface area (Å²) in [4.78, 5) is 32.2. The second kappa shape index (κ2) is 8.27. The van der Waals surface area contributed by atoms with E-state index >= 15 is 0 Å². The first-order valence-corrected chi connectivity index (χ1v) is 10.2. The van der Waals surface area contributed by atoms with E-state index in [4.69, 9.17) is 9.72 Å². The largest absolute Gasteiger partial charge is 0.452 e. The Labute approximate surface area is 165 Å². The molecule has 1 amide bonds. The summed E-state index contributed by atoms with van der Waals surface area (Å²) in [5, 5.41) is 3.78. The number of rotatable bonds is 4. The molecule has 1 N–H and O–H groups in total. The molecule has 0 spiro atoms. The Morgan fingerprint density at radius 1 is 1.21 bits per heavy atom. The zero-order chi connectivity index (χ0) is 19.5. The number of ether oxygens (including phenoxy) is 1. The van der Waals surface area contributed by atoms with Crippen LogP contribution in [0, 0.1) is 0 Å². The molecule has 1 aliphatic heterocycles. The van der Waals surface area contributed by atoms with Crippen LogP contribution < -0.4 is 5.32 Å². The molecule has 1 aliphatic carbocycles. The minimum Gasteiger partial charge on any atom is -0.452 e. The van der Waals surface area contributed by atoms with Crippen LogP contribution in [0.3, 0.4) is 0 Å². The topological polar surface area (TPSA) is 71.5 Å². The maximum atomic E-state index is 13.0. The molecule has 0 radical (unpaired) electrons. The Bertz CT molecular complexity index is 890. The number of fused-ring (bicyclic) bond motifs is 2. The highest BCUT2D eigenvalue weighted by atomic mass is 16.5. The van der Waals surface area contributed by atoms with Crippen molar-refractivity contribution in [1.29, 1.82) is 0 Å². The second-order valence-electron chi connectivity index (χ2n) is 7.90. The number of carbonyl (C=O) groups excluding carboxylic acids is 2. The molecule has 2 aromatic rings. The summed E-state index contributed by atoms with van der Waals surface area (Å²) in [5.41, 5.74) is 3.22. The Hall–Kier alpha value is -2.47. The van der Waals surface area contributed by atoms with Gasteiger partial charge in [-0.05, 0) is 26.0 Å². The smallest absolute Gasteiger partial charge is 0.339 e. The standard InChI is InChI=1S/C22H27N3O3/c1-25-12-11-19-17(13-25)21(16-9-5-6-10-18(16)24-19)22(27)28-14-20(26)23-15-7-3-2-4-8-15/h5-6,9-10,15H,2-4,7-8,11-14H2,1H3,(H,23,26). The van der Waals surface area contributed by atoms with Crippen LogP contribution in [0.4, 0.5) is 0 Å². The minimum atomic E-state index is -0.441. The number of hydrogen-bond acceptors (Lipinski definition) is 5. The van der Waals surface area contributed by atoms with E-state index in [1.165, 1.54) is 6.42 Å². The summed E-state index contributed by atoms with van der Waals surface area (Å²) in [7, 11) is 2.03. The quantitative estimate of drug-likeness (QED) is 0.825. The molecular weight excluding hydrogens is 354 g/mol. The van der Waals surface area contributed by atoms with Gasteiger partial charge in [0.1, 0.15) is 0 Å². The third kappa shape index (κ3) is 4.02. The van der Waals surface area contributed by atoms with E-state index in [2.05, 4.69) is 10.2 Å². The van der Waals surface area contributed by atoms with Gasteiger partial charge in [0.15, 0.2) is 6.61 Å². The minimum absolute atomic E-state index is 0.211. The van der Waals surface area contributed by atoms with Crippen molar-refractivity contribution in [3.8, 4) is 0 Å². The third-order valence-electron chi connectivity index (χ3n) is 5.75. The first-order valence-electron chi connectivity index (χ1n) is 10.2. The second-order valence-corrected chi connectivity index (χ2v) is 7.90. The Morgan fingerprint density at radius 3 is 2.82 bits per heavy atom. The monoisotopic (exact) mass is 381 g/mol. The molecule has 0 saturated heterocycles. The van der Waals surface area contributed by atoms with E-state index in [-0.39, 0.29) is 18.6 Å². The summed E-state index contributed by atoms with van der Waals surface area (Å²) in [6.07, 6.45) is 6.35. The van der Waals surface area contributed by atoms with Crippen molar-refractivity contribution in [1.82, 2.24) is 15.2 Å². The van der Waals surface area contributed by atoms with Crippen LogP contribution in [0.5, 0.6) is 0 Å². The number of esters is 1. The molecule has 0 bridgehead atoms. The normalized spacial score (nSPS) is 17.9. The van der Waals surface area contributed by atoms with Crippen molar-refractivity contribution in [2.45, 2.75) is 51.1 Å².